The van der Waals surface area contributed by atoms with Gasteiger partial charge in [-0.15, -0.1) is 0 Å². The molecule has 134 valence electrons. The Morgan fingerprint density at radius 2 is 2.08 bits per heavy atom. The maximum Gasteiger partial charge on any atom is 0.313 e. The summed E-state index contributed by atoms with van der Waals surface area (Å²) < 4.78 is 32.0. The quantitative estimate of drug-likeness (QED) is 0.811. The molecule has 0 saturated heterocycles. The van der Waals surface area contributed by atoms with Crippen molar-refractivity contribution in [2.24, 2.45) is 7.05 Å². The molecule has 0 unspecified atom stereocenters. The van der Waals surface area contributed by atoms with E-state index in [1.54, 1.807) is 0 Å². The number of amides is 2. The summed E-state index contributed by atoms with van der Waals surface area (Å²) in [4.78, 5) is 23.8. The lowest BCUT2D eigenvalue weighted by molar-refractivity contribution is -0.136. The van der Waals surface area contributed by atoms with Crippen LogP contribution in [0.5, 0.6) is 0 Å². The molecule has 0 atom stereocenters. The van der Waals surface area contributed by atoms with Gasteiger partial charge < -0.3 is 15.2 Å². The van der Waals surface area contributed by atoms with Gasteiger partial charge in [0.2, 0.25) is 0 Å². The van der Waals surface area contributed by atoms with Gasteiger partial charge in [0.25, 0.3) is 6.43 Å². The standard InChI is InChI=1S/C15H17F2N5O3/c1-22-7-10(12(20-22)13(16)17)19-15(24)14(23)18-6-9-8-4-2-3-5-11(8)25-21-9/h7,13H,2-6H2,1H3,(H,18,23)(H,19,24). The maximum absolute atomic E-state index is 12.8. The number of carbonyl (C=O) groups excluding carboxylic acids is 2. The first-order chi connectivity index (χ1) is 12.0. The Hall–Kier alpha value is -2.78. The minimum atomic E-state index is -2.86. The lowest BCUT2D eigenvalue weighted by atomic mass is 9.96. The van der Waals surface area contributed by atoms with Crippen LogP contribution in [0.3, 0.4) is 0 Å². The molecule has 2 amide bonds. The molecule has 0 bridgehead atoms. The number of fused-ring (bicyclic) bond motifs is 1. The van der Waals surface area contributed by atoms with Crippen LogP contribution in [0.1, 0.15) is 42.0 Å². The average Bonchev–Trinajstić information content (AvgIpc) is 3.16. The molecule has 8 nitrogen and oxygen atoms in total. The van der Waals surface area contributed by atoms with Crippen LogP contribution >= 0.6 is 0 Å². The lowest BCUT2D eigenvalue weighted by Crippen LogP contribution is -2.35. The molecule has 25 heavy (non-hydrogen) atoms. The van der Waals surface area contributed by atoms with Crippen LogP contribution in [-0.2, 0) is 36.0 Å². The highest BCUT2D eigenvalue weighted by Crippen LogP contribution is 2.25. The summed E-state index contributed by atoms with van der Waals surface area (Å²) in [6.45, 7) is 0.0415. The van der Waals surface area contributed by atoms with Crippen molar-refractivity contribution in [3.8, 4) is 0 Å². The zero-order chi connectivity index (χ0) is 18.0. The van der Waals surface area contributed by atoms with E-state index < -0.39 is 23.9 Å². The molecule has 2 aromatic rings. The molecule has 2 heterocycles. The molecular formula is C15H17F2N5O3. The largest absolute Gasteiger partial charge is 0.361 e. The Balaban J connectivity index is 1.60. The van der Waals surface area contributed by atoms with E-state index in [1.807, 2.05) is 0 Å². The number of nitrogens with zero attached hydrogens (tertiary/aromatic N) is 3. The van der Waals surface area contributed by atoms with Crippen LogP contribution in [0.4, 0.5) is 14.5 Å². The Kier molecular flexibility index (Phi) is 4.77. The highest BCUT2D eigenvalue weighted by atomic mass is 19.3. The molecule has 10 heteroatoms. The number of anilines is 1. The van der Waals surface area contributed by atoms with Crippen molar-refractivity contribution in [3.63, 3.8) is 0 Å². The predicted molar refractivity (Wildman–Crippen MR) is 81.8 cm³/mol. The molecule has 0 fully saturated rings. The molecule has 0 aliphatic heterocycles. The smallest absolute Gasteiger partial charge is 0.313 e. The van der Waals surface area contributed by atoms with Gasteiger partial charge in [-0.3, -0.25) is 14.3 Å². The molecule has 0 saturated carbocycles. The first-order valence-corrected chi connectivity index (χ1v) is 7.83. The van der Waals surface area contributed by atoms with Crippen LogP contribution in [0, 0.1) is 0 Å². The van der Waals surface area contributed by atoms with Gasteiger partial charge in [-0.05, 0) is 19.3 Å². The number of hydrogen-bond donors (Lipinski definition) is 2. The Morgan fingerprint density at radius 3 is 2.84 bits per heavy atom. The first-order valence-electron chi connectivity index (χ1n) is 7.83. The van der Waals surface area contributed by atoms with E-state index in [2.05, 4.69) is 20.9 Å². The van der Waals surface area contributed by atoms with E-state index in [4.69, 9.17) is 4.52 Å². The third-order valence-corrected chi connectivity index (χ3v) is 3.97. The third kappa shape index (κ3) is 3.67. The molecule has 3 rings (SSSR count). The number of carbonyl (C=O) groups is 2. The van der Waals surface area contributed by atoms with E-state index in [1.165, 1.54) is 13.2 Å². The summed E-state index contributed by atoms with van der Waals surface area (Å²) in [5.74, 6) is -1.18. The summed E-state index contributed by atoms with van der Waals surface area (Å²) in [7, 11) is 1.44. The molecular weight excluding hydrogens is 336 g/mol. The van der Waals surface area contributed by atoms with E-state index in [0.717, 1.165) is 41.7 Å². The molecule has 2 aromatic heterocycles. The fourth-order valence-corrected chi connectivity index (χ4v) is 2.77. The minimum Gasteiger partial charge on any atom is -0.361 e. The Morgan fingerprint density at radius 1 is 1.32 bits per heavy atom. The highest BCUT2D eigenvalue weighted by molar-refractivity contribution is 6.39. The first kappa shape index (κ1) is 17.1. The number of alkyl halides is 2. The van der Waals surface area contributed by atoms with Gasteiger partial charge in [0.15, 0.2) is 5.69 Å². The summed E-state index contributed by atoms with van der Waals surface area (Å²) in [6, 6.07) is 0. The lowest BCUT2D eigenvalue weighted by Gasteiger charge is -2.09. The van der Waals surface area contributed by atoms with E-state index in [9.17, 15) is 18.4 Å². The second-order valence-electron chi connectivity index (χ2n) is 5.78. The molecule has 0 radical (unpaired) electrons. The van der Waals surface area contributed by atoms with Gasteiger partial charge in [0, 0.05) is 25.2 Å². The molecule has 1 aliphatic carbocycles. The van der Waals surface area contributed by atoms with Gasteiger partial charge in [-0.25, -0.2) is 8.78 Å². The molecule has 1 aliphatic rings. The molecule has 0 spiro atoms. The van der Waals surface area contributed by atoms with Gasteiger partial charge in [-0.2, -0.15) is 5.10 Å². The topological polar surface area (TPSA) is 102 Å². The normalized spacial score (nSPS) is 13.6. The monoisotopic (exact) mass is 353 g/mol. The SMILES string of the molecule is Cn1cc(NC(=O)C(=O)NCc2noc3c2CCCC3)c(C(F)F)n1. The van der Waals surface area contributed by atoms with Crippen LogP contribution < -0.4 is 10.6 Å². The Labute approximate surface area is 141 Å². The molecule has 0 aromatic carbocycles. The summed E-state index contributed by atoms with van der Waals surface area (Å²) in [5.41, 5.74) is 0.774. The van der Waals surface area contributed by atoms with Crippen LogP contribution in [-0.4, -0.2) is 26.8 Å². The minimum absolute atomic E-state index is 0.0415. The van der Waals surface area contributed by atoms with Gasteiger partial charge in [0.05, 0.1) is 12.2 Å². The van der Waals surface area contributed by atoms with Crippen molar-refractivity contribution in [3.05, 3.63) is 28.9 Å². The van der Waals surface area contributed by atoms with Crippen molar-refractivity contribution in [1.29, 1.82) is 0 Å². The van der Waals surface area contributed by atoms with Crippen molar-refractivity contribution in [2.45, 2.75) is 38.7 Å². The van der Waals surface area contributed by atoms with Crippen molar-refractivity contribution >= 4 is 17.5 Å². The van der Waals surface area contributed by atoms with Gasteiger partial charge >= 0.3 is 11.8 Å². The fraction of sp³-hybridized carbons (Fsp3) is 0.467. The Bertz CT molecular complexity index is 799. The van der Waals surface area contributed by atoms with Crippen LogP contribution in [0.2, 0.25) is 0 Å². The van der Waals surface area contributed by atoms with E-state index in [-0.39, 0.29) is 12.2 Å². The van der Waals surface area contributed by atoms with Crippen molar-refractivity contribution < 1.29 is 22.9 Å². The zero-order valence-corrected chi connectivity index (χ0v) is 13.5. The summed E-state index contributed by atoms with van der Waals surface area (Å²) >= 11 is 0. The predicted octanol–water partition coefficient (Wildman–Crippen LogP) is 1.48. The number of nitrogens with one attached hydrogen (secondary N) is 2. The number of hydrogen-bond acceptors (Lipinski definition) is 5. The summed E-state index contributed by atoms with van der Waals surface area (Å²) in [6.07, 6.45) is 2.04. The number of aromatic nitrogens is 3. The fourth-order valence-electron chi connectivity index (χ4n) is 2.77. The average molecular weight is 353 g/mol. The number of halogens is 2. The number of rotatable bonds is 4. The molecule has 2 N–H and O–H groups in total. The van der Waals surface area contributed by atoms with Crippen molar-refractivity contribution in [1.82, 2.24) is 20.3 Å². The van der Waals surface area contributed by atoms with E-state index >= 15 is 0 Å². The third-order valence-electron chi connectivity index (χ3n) is 3.97. The van der Waals surface area contributed by atoms with Gasteiger partial charge in [0.1, 0.15) is 11.5 Å². The second kappa shape index (κ2) is 6.99. The number of aryl methyl sites for hydroxylation is 2. The van der Waals surface area contributed by atoms with Crippen molar-refractivity contribution in [2.75, 3.05) is 5.32 Å². The van der Waals surface area contributed by atoms with Gasteiger partial charge in [-0.1, -0.05) is 5.16 Å². The second-order valence-corrected chi connectivity index (χ2v) is 5.78. The maximum atomic E-state index is 12.8. The highest BCUT2D eigenvalue weighted by Gasteiger charge is 2.23. The zero-order valence-electron chi connectivity index (χ0n) is 13.5. The summed E-state index contributed by atoms with van der Waals surface area (Å²) in [5, 5.41) is 12.0. The van der Waals surface area contributed by atoms with Crippen LogP contribution in [0.15, 0.2) is 10.7 Å². The van der Waals surface area contributed by atoms with E-state index in [0.29, 0.717) is 5.69 Å². The van der Waals surface area contributed by atoms with Crippen LogP contribution in [0.25, 0.3) is 0 Å².